The van der Waals surface area contributed by atoms with Crippen molar-refractivity contribution in [2.45, 2.75) is 25.3 Å². The van der Waals surface area contributed by atoms with Crippen molar-refractivity contribution in [2.24, 2.45) is 5.92 Å². The van der Waals surface area contributed by atoms with Gasteiger partial charge in [0.15, 0.2) is 0 Å². The van der Waals surface area contributed by atoms with Crippen LogP contribution in [-0.2, 0) is 0 Å². The molecular weight excluding hydrogens is 307 g/mol. The zero-order valence-corrected chi connectivity index (χ0v) is 12.6. The molecule has 1 aromatic carbocycles. The molecule has 2 nitrogen and oxygen atoms in total. The van der Waals surface area contributed by atoms with E-state index in [9.17, 15) is 4.39 Å². The summed E-state index contributed by atoms with van der Waals surface area (Å²) in [4.78, 5) is 2.45. The first-order chi connectivity index (χ1) is 9.24. The number of nitrogens with one attached hydrogen (secondary N) is 1. The summed E-state index contributed by atoms with van der Waals surface area (Å²) in [5.41, 5.74) is 0.872. The molecule has 1 aliphatic carbocycles. The Hall–Kier alpha value is -0.450. The molecule has 0 bridgehead atoms. The van der Waals surface area contributed by atoms with Gasteiger partial charge in [0.25, 0.3) is 0 Å². The van der Waals surface area contributed by atoms with E-state index in [1.165, 1.54) is 12.8 Å². The van der Waals surface area contributed by atoms with Crippen molar-refractivity contribution in [3.05, 3.63) is 34.1 Å². The predicted molar refractivity (Wildman–Crippen MR) is 78.6 cm³/mol. The normalized spacial score (nSPS) is 22.4. The highest BCUT2D eigenvalue weighted by Crippen LogP contribution is 2.41. The van der Waals surface area contributed by atoms with Crippen LogP contribution in [-0.4, -0.2) is 31.1 Å². The second-order valence-corrected chi connectivity index (χ2v) is 6.56. The summed E-state index contributed by atoms with van der Waals surface area (Å²) in [5.74, 6) is 0.737. The molecule has 1 N–H and O–H groups in total. The molecule has 0 spiro atoms. The molecule has 0 radical (unpaired) electrons. The summed E-state index contributed by atoms with van der Waals surface area (Å²) >= 11 is 3.34. The van der Waals surface area contributed by atoms with Crippen LogP contribution in [0.5, 0.6) is 0 Å². The molecule has 1 aliphatic heterocycles. The Morgan fingerprint density at radius 2 is 2.05 bits per heavy atom. The van der Waals surface area contributed by atoms with Gasteiger partial charge in [-0.15, -0.1) is 0 Å². The molecule has 0 amide bonds. The molecule has 0 aromatic heterocycles. The largest absolute Gasteiger partial charge is 0.314 e. The van der Waals surface area contributed by atoms with Crippen LogP contribution < -0.4 is 5.32 Å². The average Bonchev–Trinajstić information content (AvgIpc) is 3.22. The fraction of sp³-hybridized carbons (Fsp3) is 0.600. The predicted octanol–water partition coefficient (Wildman–Crippen LogP) is 3.33. The fourth-order valence-corrected chi connectivity index (χ4v) is 3.24. The molecule has 19 heavy (non-hydrogen) atoms. The number of nitrogens with zero attached hydrogens (tertiary/aromatic N) is 1. The van der Waals surface area contributed by atoms with Crippen molar-refractivity contribution in [1.82, 2.24) is 10.2 Å². The molecule has 0 unspecified atom stereocenters. The third-order valence-corrected chi connectivity index (χ3v) is 4.66. The third kappa shape index (κ3) is 3.36. The van der Waals surface area contributed by atoms with Gasteiger partial charge in [0, 0.05) is 42.3 Å². The van der Waals surface area contributed by atoms with Gasteiger partial charge < -0.3 is 5.32 Å². The van der Waals surface area contributed by atoms with Crippen LogP contribution in [0.15, 0.2) is 22.7 Å². The lowest BCUT2D eigenvalue weighted by Crippen LogP contribution is -2.45. The monoisotopic (exact) mass is 326 g/mol. The first-order valence-electron chi connectivity index (χ1n) is 7.14. The van der Waals surface area contributed by atoms with Crippen LogP contribution in [0.25, 0.3) is 0 Å². The fourth-order valence-electron chi connectivity index (χ4n) is 2.91. The molecule has 1 saturated carbocycles. The lowest BCUT2D eigenvalue weighted by molar-refractivity contribution is 0.157. The zero-order valence-electron chi connectivity index (χ0n) is 11.0. The minimum Gasteiger partial charge on any atom is -0.314 e. The molecule has 1 atom stereocenters. The average molecular weight is 327 g/mol. The zero-order chi connectivity index (χ0) is 13.2. The van der Waals surface area contributed by atoms with Crippen LogP contribution in [0.3, 0.4) is 0 Å². The molecule has 2 fully saturated rings. The van der Waals surface area contributed by atoms with E-state index in [-0.39, 0.29) is 11.9 Å². The molecular formula is C15H20BrFN2. The van der Waals surface area contributed by atoms with E-state index < -0.39 is 0 Å². The van der Waals surface area contributed by atoms with Crippen LogP contribution in [0.2, 0.25) is 0 Å². The first-order valence-corrected chi connectivity index (χ1v) is 7.93. The van der Waals surface area contributed by atoms with Gasteiger partial charge in [-0.1, -0.05) is 34.8 Å². The van der Waals surface area contributed by atoms with Gasteiger partial charge in [-0.05, 0) is 24.5 Å². The third-order valence-electron chi connectivity index (χ3n) is 4.17. The van der Waals surface area contributed by atoms with Gasteiger partial charge in [0.2, 0.25) is 0 Å². The van der Waals surface area contributed by atoms with Crippen molar-refractivity contribution in [3.8, 4) is 0 Å². The Morgan fingerprint density at radius 1 is 1.32 bits per heavy atom. The second kappa shape index (κ2) is 5.90. The summed E-state index contributed by atoms with van der Waals surface area (Å²) in [6.07, 6.45) is 3.75. The minimum absolute atomic E-state index is 0.0708. The topological polar surface area (TPSA) is 15.3 Å². The van der Waals surface area contributed by atoms with E-state index in [4.69, 9.17) is 0 Å². The van der Waals surface area contributed by atoms with Gasteiger partial charge in [-0.25, -0.2) is 4.39 Å². The smallest absolute Gasteiger partial charge is 0.129 e. The van der Waals surface area contributed by atoms with Gasteiger partial charge in [0.05, 0.1) is 0 Å². The van der Waals surface area contributed by atoms with Crippen molar-refractivity contribution in [1.29, 1.82) is 0 Å². The Balaban J connectivity index is 1.83. The van der Waals surface area contributed by atoms with Crippen LogP contribution >= 0.6 is 15.9 Å². The standard InChI is InChI=1S/C15H20BrFN2/c16-12-3-4-13(14(17)10-12)15(9-11-1-2-11)19-7-5-18-6-8-19/h3-4,10-11,15,18H,1-2,5-9H2/t15-/m1/s1. The molecule has 3 rings (SSSR count). The van der Waals surface area contributed by atoms with Crippen molar-refractivity contribution < 1.29 is 4.39 Å². The summed E-state index contributed by atoms with van der Waals surface area (Å²) in [6.45, 7) is 4.07. The van der Waals surface area contributed by atoms with E-state index in [0.29, 0.717) is 0 Å². The maximum Gasteiger partial charge on any atom is 0.129 e. The summed E-state index contributed by atoms with van der Waals surface area (Å²) in [5, 5.41) is 3.37. The summed E-state index contributed by atoms with van der Waals surface area (Å²) < 4.78 is 15.1. The highest BCUT2D eigenvalue weighted by atomic mass is 79.9. The van der Waals surface area contributed by atoms with E-state index >= 15 is 0 Å². The van der Waals surface area contributed by atoms with Gasteiger partial charge >= 0.3 is 0 Å². The maximum absolute atomic E-state index is 14.3. The number of hydrogen-bond acceptors (Lipinski definition) is 2. The Labute approximate surface area is 122 Å². The van der Waals surface area contributed by atoms with Crippen molar-refractivity contribution in [2.75, 3.05) is 26.2 Å². The summed E-state index contributed by atoms with van der Waals surface area (Å²) in [7, 11) is 0. The lowest BCUT2D eigenvalue weighted by atomic mass is 9.98. The first kappa shape index (κ1) is 13.5. The van der Waals surface area contributed by atoms with Crippen LogP contribution in [0.1, 0.15) is 30.9 Å². The SMILES string of the molecule is Fc1cc(Br)ccc1[C@@H](CC1CC1)N1CCNCC1. The van der Waals surface area contributed by atoms with E-state index in [1.54, 1.807) is 6.07 Å². The van der Waals surface area contributed by atoms with E-state index in [2.05, 4.69) is 26.1 Å². The number of benzene rings is 1. The summed E-state index contributed by atoms with van der Waals surface area (Å²) in [6, 6.07) is 5.76. The van der Waals surface area contributed by atoms with Gasteiger partial charge in [-0.3, -0.25) is 4.90 Å². The number of hydrogen-bond donors (Lipinski definition) is 1. The maximum atomic E-state index is 14.3. The van der Waals surface area contributed by atoms with Crippen LogP contribution in [0, 0.1) is 11.7 Å². The highest BCUT2D eigenvalue weighted by Gasteiger charge is 2.31. The quantitative estimate of drug-likeness (QED) is 0.912. The van der Waals surface area contributed by atoms with Crippen molar-refractivity contribution in [3.63, 3.8) is 0 Å². The number of halogens is 2. The van der Waals surface area contributed by atoms with E-state index in [1.807, 2.05) is 12.1 Å². The molecule has 1 saturated heterocycles. The number of rotatable bonds is 4. The molecule has 2 aliphatic rings. The van der Waals surface area contributed by atoms with Gasteiger partial charge in [0.1, 0.15) is 5.82 Å². The van der Waals surface area contributed by atoms with Crippen LogP contribution in [0.4, 0.5) is 4.39 Å². The molecule has 1 aromatic rings. The van der Waals surface area contributed by atoms with Gasteiger partial charge in [-0.2, -0.15) is 0 Å². The second-order valence-electron chi connectivity index (χ2n) is 5.65. The van der Waals surface area contributed by atoms with E-state index in [0.717, 1.165) is 48.6 Å². The minimum atomic E-state index is -0.0708. The molecule has 4 heteroatoms. The molecule has 1 heterocycles. The Bertz CT molecular complexity index is 442. The number of piperazine rings is 1. The molecule has 104 valence electrons. The lowest BCUT2D eigenvalue weighted by Gasteiger charge is -2.35. The highest BCUT2D eigenvalue weighted by molar-refractivity contribution is 9.10. The Morgan fingerprint density at radius 3 is 2.68 bits per heavy atom. The Kier molecular flexibility index (Phi) is 4.20. The van der Waals surface area contributed by atoms with Crippen molar-refractivity contribution >= 4 is 15.9 Å².